The van der Waals surface area contributed by atoms with E-state index in [1.807, 2.05) is 31.2 Å². The Morgan fingerprint density at radius 2 is 1.94 bits per heavy atom. The third-order valence-corrected chi connectivity index (χ3v) is 3.16. The van der Waals surface area contributed by atoms with Crippen molar-refractivity contribution in [2.24, 2.45) is 0 Å². The van der Waals surface area contributed by atoms with Gasteiger partial charge in [0.05, 0.1) is 0 Å². The number of carbonyl (C=O) groups excluding carboxylic acids is 2. The lowest BCUT2D eigenvalue weighted by atomic mass is 10.1. The predicted octanol–water partition coefficient (Wildman–Crippen LogP) is 1.23. The highest BCUT2D eigenvalue weighted by molar-refractivity contribution is 5.89. The quantitative estimate of drug-likeness (QED) is 0.853. The van der Waals surface area contributed by atoms with E-state index in [1.165, 1.54) is 5.56 Å². The summed E-state index contributed by atoms with van der Waals surface area (Å²) in [5.41, 5.74) is 2.29. The summed E-state index contributed by atoms with van der Waals surface area (Å²) in [6.45, 7) is 4.82. The lowest BCUT2D eigenvalue weighted by Crippen LogP contribution is -2.42. The second-order valence-corrected chi connectivity index (χ2v) is 4.78. The Bertz CT molecular complexity index is 453. The summed E-state index contributed by atoms with van der Waals surface area (Å²) in [6.07, 6.45) is 0.377. The van der Waals surface area contributed by atoms with Crippen LogP contribution in [0.1, 0.15) is 24.5 Å². The number of carbonyl (C=O) groups is 2. The summed E-state index contributed by atoms with van der Waals surface area (Å²) in [6, 6.07) is 7.68. The lowest BCUT2D eigenvalue weighted by Gasteiger charge is -2.22. The second-order valence-electron chi connectivity index (χ2n) is 4.78. The van der Waals surface area contributed by atoms with E-state index in [4.69, 9.17) is 0 Å². The zero-order valence-electron chi connectivity index (χ0n) is 10.8. The van der Waals surface area contributed by atoms with Crippen molar-refractivity contribution in [1.82, 2.24) is 10.2 Å². The topological polar surface area (TPSA) is 49.4 Å². The second kappa shape index (κ2) is 5.21. The van der Waals surface area contributed by atoms with Crippen LogP contribution in [-0.2, 0) is 16.1 Å². The summed E-state index contributed by atoms with van der Waals surface area (Å²) < 4.78 is 0. The van der Waals surface area contributed by atoms with Crippen LogP contribution in [0.4, 0.5) is 0 Å². The van der Waals surface area contributed by atoms with Gasteiger partial charge in [0.2, 0.25) is 11.8 Å². The molecule has 0 bridgehead atoms. The van der Waals surface area contributed by atoms with Crippen molar-refractivity contribution in [2.45, 2.75) is 32.9 Å². The van der Waals surface area contributed by atoms with Gasteiger partial charge in [-0.25, -0.2) is 0 Å². The Balaban J connectivity index is 2.09. The van der Waals surface area contributed by atoms with E-state index in [1.54, 1.807) is 11.8 Å². The number of nitrogens with one attached hydrogen (secondary N) is 1. The maximum Gasteiger partial charge on any atom is 0.245 e. The lowest BCUT2D eigenvalue weighted by molar-refractivity contribution is -0.133. The minimum atomic E-state index is -0.426. The molecule has 1 fully saturated rings. The van der Waals surface area contributed by atoms with E-state index in [0.29, 0.717) is 19.5 Å². The van der Waals surface area contributed by atoms with Gasteiger partial charge in [0.15, 0.2) is 0 Å². The fourth-order valence-corrected chi connectivity index (χ4v) is 2.07. The van der Waals surface area contributed by atoms with Gasteiger partial charge in [-0.15, -0.1) is 0 Å². The van der Waals surface area contributed by atoms with Crippen molar-refractivity contribution in [1.29, 1.82) is 0 Å². The number of hydrogen-bond acceptors (Lipinski definition) is 2. The summed E-state index contributed by atoms with van der Waals surface area (Å²) in [4.78, 5) is 25.2. The molecule has 1 atom stereocenters. The average Bonchev–Trinajstić information content (AvgIpc) is 2.46. The van der Waals surface area contributed by atoms with Gasteiger partial charge < -0.3 is 10.2 Å². The molecule has 18 heavy (non-hydrogen) atoms. The molecule has 0 spiro atoms. The standard InChI is InChI=1S/C14H18N2O2/c1-10-3-5-12(6-4-10)9-16-8-7-13(17)15-11(2)14(16)18/h3-6,11H,7-9H2,1-2H3,(H,15,17). The highest BCUT2D eigenvalue weighted by atomic mass is 16.2. The molecule has 1 N–H and O–H groups in total. The molecule has 0 saturated carbocycles. The smallest absolute Gasteiger partial charge is 0.245 e. The summed E-state index contributed by atoms with van der Waals surface area (Å²) in [5, 5.41) is 2.69. The molecule has 1 aliphatic heterocycles. The van der Waals surface area contributed by atoms with E-state index < -0.39 is 6.04 Å². The van der Waals surface area contributed by atoms with Crippen LogP contribution < -0.4 is 5.32 Å². The Labute approximate surface area is 107 Å². The number of hydrogen-bond donors (Lipinski definition) is 1. The largest absolute Gasteiger partial charge is 0.345 e. The van der Waals surface area contributed by atoms with Crippen molar-refractivity contribution in [3.63, 3.8) is 0 Å². The molecule has 0 aromatic heterocycles. The molecule has 0 radical (unpaired) electrons. The van der Waals surface area contributed by atoms with Gasteiger partial charge in [-0.3, -0.25) is 9.59 Å². The Morgan fingerprint density at radius 1 is 1.28 bits per heavy atom. The minimum absolute atomic E-state index is 0.0126. The first-order valence-corrected chi connectivity index (χ1v) is 6.20. The van der Waals surface area contributed by atoms with Crippen molar-refractivity contribution in [3.8, 4) is 0 Å². The van der Waals surface area contributed by atoms with E-state index >= 15 is 0 Å². The summed E-state index contributed by atoms with van der Waals surface area (Å²) in [7, 11) is 0. The fourth-order valence-electron chi connectivity index (χ4n) is 2.07. The van der Waals surface area contributed by atoms with Gasteiger partial charge in [0.1, 0.15) is 6.04 Å². The third-order valence-electron chi connectivity index (χ3n) is 3.16. The van der Waals surface area contributed by atoms with Crippen molar-refractivity contribution in [3.05, 3.63) is 35.4 Å². The van der Waals surface area contributed by atoms with Gasteiger partial charge in [-0.1, -0.05) is 29.8 Å². The van der Waals surface area contributed by atoms with Crippen molar-refractivity contribution in [2.75, 3.05) is 6.54 Å². The number of benzene rings is 1. The molecule has 1 unspecified atom stereocenters. The number of amides is 2. The van der Waals surface area contributed by atoms with Crippen molar-refractivity contribution < 1.29 is 9.59 Å². The van der Waals surface area contributed by atoms with Gasteiger partial charge in [0.25, 0.3) is 0 Å². The van der Waals surface area contributed by atoms with Crippen LogP contribution >= 0.6 is 0 Å². The third kappa shape index (κ3) is 2.88. The van der Waals surface area contributed by atoms with Gasteiger partial charge >= 0.3 is 0 Å². The first kappa shape index (κ1) is 12.6. The molecule has 0 aliphatic carbocycles. The van der Waals surface area contributed by atoms with Crippen LogP contribution in [0.15, 0.2) is 24.3 Å². The fraction of sp³-hybridized carbons (Fsp3) is 0.429. The molecule has 2 rings (SSSR count). The highest BCUT2D eigenvalue weighted by Gasteiger charge is 2.26. The molecular weight excluding hydrogens is 228 g/mol. The zero-order chi connectivity index (χ0) is 13.1. The Morgan fingerprint density at radius 3 is 2.61 bits per heavy atom. The SMILES string of the molecule is Cc1ccc(CN2CCC(=O)NC(C)C2=O)cc1. The molecule has 4 heteroatoms. The first-order chi connectivity index (χ1) is 8.56. The summed E-state index contributed by atoms with van der Waals surface area (Å²) in [5.74, 6) is -0.0660. The molecule has 1 aromatic carbocycles. The van der Waals surface area contributed by atoms with Crippen LogP contribution in [0.3, 0.4) is 0 Å². The molecular formula is C14H18N2O2. The van der Waals surface area contributed by atoms with Crippen LogP contribution in [0.25, 0.3) is 0 Å². The molecule has 1 aliphatic rings. The van der Waals surface area contributed by atoms with Gasteiger partial charge in [-0.05, 0) is 19.4 Å². The van der Waals surface area contributed by atoms with E-state index in [-0.39, 0.29) is 11.8 Å². The van der Waals surface area contributed by atoms with Crippen LogP contribution in [0.5, 0.6) is 0 Å². The van der Waals surface area contributed by atoms with E-state index in [9.17, 15) is 9.59 Å². The molecule has 1 saturated heterocycles. The maximum absolute atomic E-state index is 12.1. The van der Waals surface area contributed by atoms with E-state index in [0.717, 1.165) is 5.56 Å². The molecule has 1 heterocycles. The maximum atomic E-state index is 12.1. The number of nitrogens with zero attached hydrogens (tertiary/aromatic N) is 1. The normalized spacial score (nSPS) is 20.6. The first-order valence-electron chi connectivity index (χ1n) is 6.20. The predicted molar refractivity (Wildman–Crippen MR) is 68.8 cm³/mol. The Kier molecular flexibility index (Phi) is 3.65. The van der Waals surface area contributed by atoms with Crippen molar-refractivity contribution >= 4 is 11.8 Å². The minimum Gasteiger partial charge on any atom is -0.345 e. The number of rotatable bonds is 2. The van der Waals surface area contributed by atoms with Crippen LogP contribution in [0.2, 0.25) is 0 Å². The van der Waals surface area contributed by atoms with Crippen LogP contribution in [0, 0.1) is 6.92 Å². The Hall–Kier alpha value is -1.84. The molecule has 1 aromatic rings. The van der Waals surface area contributed by atoms with Crippen LogP contribution in [-0.4, -0.2) is 29.3 Å². The van der Waals surface area contributed by atoms with Gasteiger partial charge in [0, 0.05) is 19.5 Å². The highest BCUT2D eigenvalue weighted by Crippen LogP contribution is 2.11. The summed E-state index contributed by atoms with van der Waals surface area (Å²) >= 11 is 0. The monoisotopic (exact) mass is 246 g/mol. The number of aryl methyl sites for hydroxylation is 1. The molecule has 2 amide bonds. The molecule has 96 valence electrons. The van der Waals surface area contributed by atoms with Gasteiger partial charge in [-0.2, -0.15) is 0 Å². The average molecular weight is 246 g/mol. The van der Waals surface area contributed by atoms with E-state index in [2.05, 4.69) is 5.32 Å². The molecule has 4 nitrogen and oxygen atoms in total. The zero-order valence-corrected chi connectivity index (χ0v) is 10.8.